The molecule has 2 aromatic rings. The van der Waals surface area contributed by atoms with E-state index < -0.39 is 5.97 Å². The topological polar surface area (TPSA) is 56.5 Å². The van der Waals surface area contributed by atoms with E-state index in [2.05, 4.69) is 26.0 Å². The Hall–Kier alpha value is -1.43. The van der Waals surface area contributed by atoms with Gasteiger partial charge in [0.1, 0.15) is 10.2 Å². The van der Waals surface area contributed by atoms with Crippen LogP contribution in [0.25, 0.3) is 5.65 Å². The third-order valence-electron chi connectivity index (χ3n) is 1.83. The Labute approximate surface area is 94.2 Å². The van der Waals surface area contributed by atoms with Crippen molar-refractivity contribution in [2.24, 2.45) is 0 Å². The monoisotopic (exact) mass is 269 g/mol. The van der Waals surface area contributed by atoms with Gasteiger partial charge in [0, 0.05) is 12.4 Å². The Balaban J connectivity index is 2.58. The van der Waals surface area contributed by atoms with Crippen molar-refractivity contribution in [1.82, 2.24) is 14.6 Å². The van der Waals surface area contributed by atoms with Crippen LogP contribution in [-0.4, -0.2) is 27.2 Å². The van der Waals surface area contributed by atoms with Crippen LogP contribution in [0.3, 0.4) is 0 Å². The van der Waals surface area contributed by atoms with Gasteiger partial charge < -0.3 is 4.74 Å². The lowest BCUT2D eigenvalue weighted by molar-refractivity contribution is 0.0527. The quantitative estimate of drug-likeness (QED) is 0.779. The standard InChI is InChI=1S/C9H8BrN3O2/c1-2-15-9(14)6-7(10)12-13-5-3-4-11-8(6)13/h3-5H,2H2,1H3. The molecule has 0 aromatic carbocycles. The second-order valence-corrected chi connectivity index (χ2v) is 3.53. The highest BCUT2D eigenvalue weighted by atomic mass is 79.9. The Kier molecular flexibility index (Phi) is 2.68. The summed E-state index contributed by atoms with van der Waals surface area (Å²) in [7, 11) is 0. The normalized spacial score (nSPS) is 10.5. The molecule has 5 nitrogen and oxygen atoms in total. The number of fused-ring (bicyclic) bond motifs is 1. The molecule has 0 saturated carbocycles. The van der Waals surface area contributed by atoms with Crippen LogP contribution in [0.2, 0.25) is 0 Å². The van der Waals surface area contributed by atoms with E-state index in [4.69, 9.17) is 4.74 Å². The SMILES string of the molecule is CCOC(=O)c1c(Br)nn2cccnc12. The average Bonchev–Trinajstić information content (AvgIpc) is 2.54. The van der Waals surface area contributed by atoms with Crippen LogP contribution in [0, 0.1) is 0 Å². The number of hydrogen-bond donors (Lipinski definition) is 0. The molecule has 0 bridgehead atoms. The molecule has 6 heteroatoms. The molecular weight excluding hydrogens is 262 g/mol. The molecule has 0 unspecified atom stereocenters. The molecule has 0 atom stereocenters. The van der Waals surface area contributed by atoms with Crippen molar-refractivity contribution in [2.45, 2.75) is 6.92 Å². The number of rotatable bonds is 2. The molecular formula is C9H8BrN3O2. The Morgan fingerprint density at radius 3 is 3.20 bits per heavy atom. The zero-order valence-electron chi connectivity index (χ0n) is 7.98. The van der Waals surface area contributed by atoms with Gasteiger partial charge in [0.25, 0.3) is 0 Å². The molecule has 78 valence electrons. The van der Waals surface area contributed by atoms with Crippen LogP contribution in [-0.2, 0) is 4.74 Å². The largest absolute Gasteiger partial charge is 0.462 e. The highest BCUT2D eigenvalue weighted by Crippen LogP contribution is 2.19. The first kappa shape index (κ1) is 10.1. The molecule has 0 aliphatic rings. The van der Waals surface area contributed by atoms with Crippen LogP contribution in [0.15, 0.2) is 23.1 Å². The van der Waals surface area contributed by atoms with Crippen LogP contribution in [0.4, 0.5) is 0 Å². The van der Waals surface area contributed by atoms with E-state index in [1.807, 2.05) is 0 Å². The lowest BCUT2D eigenvalue weighted by atomic mass is 10.3. The number of aromatic nitrogens is 3. The van der Waals surface area contributed by atoms with Crippen LogP contribution >= 0.6 is 15.9 Å². The smallest absolute Gasteiger partial charge is 0.344 e. The molecule has 0 spiro atoms. The van der Waals surface area contributed by atoms with E-state index in [-0.39, 0.29) is 0 Å². The van der Waals surface area contributed by atoms with Crippen molar-refractivity contribution in [2.75, 3.05) is 6.61 Å². The molecule has 0 fully saturated rings. The minimum Gasteiger partial charge on any atom is -0.462 e. The van der Waals surface area contributed by atoms with Crippen LogP contribution in [0.5, 0.6) is 0 Å². The van der Waals surface area contributed by atoms with Gasteiger partial charge in [0.05, 0.1) is 6.61 Å². The number of carbonyl (C=O) groups excluding carboxylic acids is 1. The Morgan fingerprint density at radius 1 is 1.67 bits per heavy atom. The lowest BCUT2D eigenvalue weighted by Crippen LogP contribution is -2.05. The molecule has 2 aromatic heterocycles. The molecule has 15 heavy (non-hydrogen) atoms. The fourth-order valence-electron chi connectivity index (χ4n) is 1.24. The van der Waals surface area contributed by atoms with Gasteiger partial charge >= 0.3 is 5.97 Å². The summed E-state index contributed by atoms with van der Waals surface area (Å²) in [6.07, 6.45) is 3.32. The molecule has 0 N–H and O–H groups in total. The predicted molar refractivity (Wildman–Crippen MR) is 56.6 cm³/mol. The van der Waals surface area contributed by atoms with Gasteiger partial charge in [-0.15, -0.1) is 0 Å². The van der Waals surface area contributed by atoms with Gasteiger partial charge in [-0.25, -0.2) is 14.3 Å². The van der Waals surface area contributed by atoms with Crippen molar-refractivity contribution in [3.8, 4) is 0 Å². The third kappa shape index (κ3) is 1.72. The summed E-state index contributed by atoms with van der Waals surface area (Å²) < 4.78 is 6.88. The fourth-order valence-corrected chi connectivity index (χ4v) is 1.75. The van der Waals surface area contributed by atoms with Gasteiger partial charge in [0.15, 0.2) is 5.65 Å². The number of esters is 1. The number of halogens is 1. The number of hydrogen-bond acceptors (Lipinski definition) is 4. The van der Waals surface area contributed by atoms with E-state index in [9.17, 15) is 4.79 Å². The summed E-state index contributed by atoms with van der Waals surface area (Å²) in [6, 6.07) is 1.74. The van der Waals surface area contributed by atoms with Gasteiger partial charge in [-0.3, -0.25) is 0 Å². The summed E-state index contributed by atoms with van der Waals surface area (Å²) in [5, 5.41) is 4.09. The maximum Gasteiger partial charge on any atom is 0.344 e. The Morgan fingerprint density at radius 2 is 2.47 bits per heavy atom. The summed E-state index contributed by atoms with van der Waals surface area (Å²) >= 11 is 3.21. The molecule has 0 saturated heterocycles. The van der Waals surface area contributed by atoms with Crippen molar-refractivity contribution in [3.05, 3.63) is 28.6 Å². The minimum absolute atomic E-state index is 0.329. The van der Waals surface area contributed by atoms with Crippen LogP contribution in [0.1, 0.15) is 17.3 Å². The molecule has 0 aliphatic carbocycles. The number of ether oxygens (including phenoxy) is 1. The van der Waals surface area contributed by atoms with Crippen molar-refractivity contribution in [3.63, 3.8) is 0 Å². The van der Waals surface area contributed by atoms with Crippen molar-refractivity contribution >= 4 is 27.5 Å². The van der Waals surface area contributed by atoms with E-state index in [1.54, 1.807) is 25.4 Å². The molecule has 0 radical (unpaired) electrons. The van der Waals surface area contributed by atoms with Crippen molar-refractivity contribution in [1.29, 1.82) is 0 Å². The minimum atomic E-state index is -0.418. The molecule has 0 aliphatic heterocycles. The van der Waals surface area contributed by atoms with Gasteiger partial charge in [-0.2, -0.15) is 5.10 Å². The van der Waals surface area contributed by atoms with E-state index >= 15 is 0 Å². The number of carbonyl (C=O) groups is 1. The summed E-state index contributed by atoms with van der Waals surface area (Å²) in [5.41, 5.74) is 0.847. The maximum absolute atomic E-state index is 11.6. The second kappa shape index (κ2) is 3.98. The highest BCUT2D eigenvalue weighted by molar-refractivity contribution is 9.10. The molecule has 0 amide bonds. The van der Waals surface area contributed by atoms with Gasteiger partial charge in [-0.05, 0) is 28.9 Å². The zero-order valence-corrected chi connectivity index (χ0v) is 9.56. The van der Waals surface area contributed by atoms with Crippen LogP contribution < -0.4 is 0 Å². The first-order valence-electron chi connectivity index (χ1n) is 4.40. The lowest BCUT2D eigenvalue weighted by Gasteiger charge is -1.98. The predicted octanol–water partition coefficient (Wildman–Crippen LogP) is 1.67. The van der Waals surface area contributed by atoms with E-state index in [0.717, 1.165) is 0 Å². The highest BCUT2D eigenvalue weighted by Gasteiger charge is 2.19. The summed E-state index contributed by atoms with van der Waals surface area (Å²) in [4.78, 5) is 15.7. The third-order valence-corrected chi connectivity index (χ3v) is 2.39. The second-order valence-electron chi connectivity index (χ2n) is 2.77. The van der Waals surface area contributed by atoms with Gasteiger partial charge in [-0.1, -0.05) is 0 Å². The fraction of sp³-hybridized carbons (Fsp3) is 0.222. The molecule has 2 heterocycles. The van der Waals surface area contributed by atoms with Crippen molar-refractivity contribution < 1.29 is 9.53 Å². The Bertz CT molecular complexity index is 509. The average molecular weight is 270 g/mol. The molecule has 2 rings (SSSR count). The first-order valence-corrected chi connectivity index (χ1v) is 5.19. The summed E-state index contributed by atoms with van der Waals surface area (Å²) in [6.45, 7) is 2.08. The van der Waals surface area contributed by atoms with E-state index in [1.165, 1.54) is 4.52 Å². The van der Waals surface area contributed by atoms with E-state index in [0.29, 0.717) is 22.4 Å². The maximum atomic E-state index is 11.6. The first-order chi connectivity index (χ1) is 7.24. The van der Waals surface area contributed by atoms with Gasteiger partial charge in [0.2, 0.25) is 0 Å². The summed E-state index contributed by atoms with van der Waals surface area (Å²) in [5.74, 6) is -0.418. The number of nitrogens with zero attached hydrogens (tertiary/aromatic N) is 3. The zero-order chi connectivity index (χ0) is 10.8.